The van der Waals surface area contributed by atoms with E-state index >= 15 is 0 Å². The maximum absolute atomic E-state index is 12.6. The largest absolute Gasteiger partial charge is 0.458 e. The van der Waals surface area contributed by atoms with Gasteiger partial charge in [0.2, 0.25) is 12.1 Å². The quantitative estimate of drug-likeness (QED) is 0.281. The van der Waals surface area contributed by atoms with Crippen LogP contribution >= 0.6 is 11.8 Å². The van der Waals surface area contributed by atoms with Gasteiger partial charge in [-0.1, -0.05) is 6.92 Å². The lowest BCUT2D eigenvalue weighted by Crippen LogP contribution is -2.76. The summed E-state index contributed by atoms with van der Waals surface area (Å²) in [7, 11) is 0. The number of esters is 1. The van der Waals surface area contributed by atoms with Gasteiger partial charge in [-0.05, 0) is 87.5 Å². The van der Waals surface area contributed by atoms with Crippen molar-refractivity contribution in [2.45, 2.75) is 112 Å². The molecule has 4 aliphatic heterocycles. The summed E-state index contributed by atoms with van der Waals surface area (Å²) in [6, 6.07) is 0. The Bertz CT molecular complexity index is 1150. The van der Waals surface area contributed by atoms with E-state index < -0.39 is 28.0 Å². The number of rotatable bonds is 2. The first-order valence-electron chi connectivity index (χ1n) is 15.9. The molecule has 0 unspecified atom stereocenters. The smallest absolute Gasteiger partial charge is 0.331 e. The van der Waals surface area contributed by atoms with Crippen LogP contribution in [-0.2, 0) is 23.7 Å². The van der Waals surface area contributed by atoms with Crippen LogP contribution in [0.1, 0.15) is 71.6 Å². The summed E-state index contributed by atoms with van der Waals surface area (Å²) < 4.78 is 24.8. The Morgan fingerprint density at radius 1 is 1.07 bits per heavy atom. The maximum atomic E-state index is 12.6. The van der Waals surface area contributed by atoms with Gasteiger partial charge in [-0.3, -0.25) is 5.32 Å². The van der Waals surface area contributed by atoms with E-state index in [1.807, 2.05) is 6.92 Å². The summed E-state index contributed by atoms with van der Waals surface area (Å²) >= 11 is 1.70. The van der Waals surface area contributed by atoms with E-state index in [2.05, 4.69) is 12.2 Å². The third-order valence-corrected chi connectivity index (χ3v) is 14.8. The summed E-state index contributed by atoms with van der Waals surface area (Å²) in [5.41, 5.74) is -0.546. The topological polar surface area (TPSA) is 127 Å². The minimum Gasteiger partial charge on any atom is -0.458 e. The van der Waals surface area contributed by atoms with Gasteiger partial charge in [-0.25, -0.2) is 4.79 Å². The Morgan fingerprint density at radius 3 is 2.66 bits per heavy atom. The molecule has 1 spiro atoms. The first-order chi connectivity index (χ1) is 19.6. The van der Waals surface area contributed by atoms with Crippen LogP contribution < -0.4 is 5.32 Å². The lowest BCUT2D eigenvalue weighted by atomic mass is 9.42. The van der Waals surface area contributed by atoms with Crippen LogP contribution in [0, 0.1) is 34.5 Å². The van der Waals surface area contributed by atoms with Gasteiger partial charge in [-0.2, -0.15) is 0 Å². The first kappa shape index (κ1) is 27.8. The molecule has 9 nitrogen and oxygen atoms in total. The zero-order valence-corrected chi connectivity index (χ0v) is 25.0. The second-order valence-electron chi connectivity index (χ2n) is 14.7. The van der Waals surface area contributed by atoms with Crippen molar-refractivity contribution < 1.29 is 39.1 Å². The van der Waals surface area contributed by atoms with E-state index in [1.54, 1.807) is 17.8 Å². The predicted octanol–water partition coefficient (Wildman–Crippen LogP) is 2.47. The number of cyclic esters (lactones) is 1. The fourth-order valence-corrected chi connectivity index (χ4v) is 12.8. The molecule has 0 aromatic rings. The van der Waals surface area contributed by atoms with Gasteiger partial charge in [0.1, 0.15) is 11.5 Å². The van der Waals surface area contributed by atoms with Crippen LogP contribution in [-0.4, -0.2) is 87.7 Å². The summed E-state index contributed by atoms with van der Waals surface area (Å²) in [5.74, 6) is -0.368. The minimum atomic E-state index is -1.62. The van der Waals surface area contributed by atoms with Crippen molar-refractivity contribution >= 4 is 17.7 Å². The number of aliphatic hydroxyl groups excluding tert-OH is 1. The third kappa shape index (κ3) is 3.53. The fourth-order valence-electron chi connectivity index (χ4n) is 11.4. The van der Waals surface area contributed by atoms with Crippen molar-refractivity contribution in [1.82, 2.24) is 5.32 Å². The van der Waals surface area contributed by atoms with Gasteiger partial charge in [-0.15, -0.1) is 11.8 Å². The van der Waals surface area contributed by atoms with Crippen LogP contribution in [0.25, 0.3) is 0 Å². The molecule has 10 heteroatoms. The molecule has 0 radical (unpaired) electrons. The average Bonchev–Trinajstić information content (AvgIpc) is 3.65. The Labute approximate surface area is 246 Å². The summed E-state index contributed by atoms with van der Waals surface area (Å²) in [6.45, 7) is 5.43. The number of hydrogen-bond donors (Lipinski definition) is 4. The van der Waals surface area contributed by atoms with E-state index in [0.29, 0.717) is 25.9 Å². The standard InChI is InChI=1S/C31H45NO8S/c1-17-13-30(32-9-10-41-30)31(36)26(38-17)39-23-12-19-3-4-22-21(28(19,16-33)14-24(23)40-31)5-7-27(2)20(6-8-29(22,27)35)18-11-25(34)37-15-18/h11,17,19-24,26,32-33,35-36H,3-10,12-16H2,1-2H3/t17-,19+,20-,21+,22-,23-,24-,26+,27-,28-,29+,30+,31-/m1/s1. The Kier molecular flexibility index (Phi) is 6.21. The van der Waals surface area contributed by atoms with Crippen molar-refractivity contribution in [2.75, 3.05) is 25.5 Å². The fraction of sp³-hybridized carbons (Fsp3) is 0.903. The van der Waals surface area contributed by atoms with E-state index in [9.17, 15) is 20.1 Å². The molecule has 41 heavy (non-hydrogen) atoms. The molecule has 13 atom stereocenters. The normalized spacial score (nSPS) is 57.7. The van der Waals surface area contributed by atoms with Crippen LogP contribution in [0.3, 0.4) is 0 Å². The Balaban J connectivity index is 1.10. The highest BCUT2D eigenvalue weighted by Crippen LogP contribution is 2.70. The second kappa shape index (κ2) is 9.16. The maximum Gasteiger partial charge on any atom is 0.331 e. The molecule has 0 aromatic heterocycles. The van der Waals surface area contributed by atoms with Gasteiger partial charge < -0.3 is 34.3 Å². The van der Waals surface area contributed by atoms with Gasteiger partial charge in [0.15, 0.2) is 0 Å². The number of carbonyl (C=O) groups excluding carboxylic acids is 1. The van der Waals surface area contributed by atoms with Crippen LogP contribution in [0.15, 0.2) is 11.6 Å². The molecule has 0 aromatic carbocycles. The lowest BCUT2D eigenvalue weighted by molar-refractivity contribution is -0.449. The van der Waals surface area contributed by atoms with Crippen LogP contribution in [0.2, 0.25) is 0 Å². The Morgan fingerprint density at radius 2 is 1.93 bits per heavy atom. The molecule has 228 valence electrons. The molecule has 4 saturated carbocycles. The van der Waals surface area contributed by atoms with E-state index in [1.165, 1.54) is 0 Å². The molecule has 4 aliphatic carbocycles. The van der Waals surface area contributed by atoms with Crippen molar-refractivity contribution in [3.63, 3.8) is 0 Å². The van der Waals surface area contributed by atoms with Gasteiger partial charge >= 0.3 is 5.97 Å². The highest BCUT2D eigenvalue weighted by atomic mass is 32.2. The first-order valence-corrected chi connectivity index (χ1v) is 16.9. The zero-order chi connectivity index (χ0) is 28.4. The average molecular weight is 592 g/mol. The molecule has 0 bridgehead atoms. The van der Waals surface area contributed by atoms with Crippen LogP contribution in [0.4, 0.5) is 0 Å². The summed E-state index contributed by atoms with van der Waals surface area (Å²) in [6.07, 6.45) is 7.36. The highest BCUT2D eigenvalue weighted by molar-refractivity contribution is 8.01. The van der Waals surface area contributed by atoms with Gasteiger partial charge in [0.05, 0.1) is 23.9 Å². The number of fused-ring (bicyclic) bond motifs is 8. The molecule has 8 aliphatic rings. The molecule has 8 rings (SSSR count). The van der Waals surface area contributed by atoms with Crippen molar-refractivity contribution in [2.24, 2.45) is 34.5 Å². The summed E-state index contributed by atoms with van der Waals surface area (Å²) in [5, 5.41) is 39.5. The van der Waals surface area contributed by atoms with Crippen molar-refractivity contribution in [3.05, 3.63) is 11.6 Å². The number of carbonyl (C=O) groups is 1. The SMILES string of the molecule is C[C@@H]1C[C@@]2(NCCS2)[C@]2(O)O[C@@H]3C[C@@]4(CO)[C@@H](CC[C@@H]5[C@@H]4CC[C@]4(C)[C@@H](C6=CC(=O)OC6)CC[C@]54O)C[C@H]3O[C@@H]2O1. The molecule has 4 N–H and O–H groups in total. The molecular weight excluding hydrogens is 546 g/mol. The van der Waals surface area contributed by atoms with E-state index in [0.717, 1.165) is 56.4 Å². The number of thioether (sulfide) groups is 1. The number of ether oxygens (including phenoxy) is 4. The summed E-state index contributed by atoms with van der Waals surface area (Å²) in [4.78, 5) is 11.2. The molecular formula is C31H45NO8S. The Hall–Kier alpha value is -0.720. The van der Waals surface area contributed by atoms with E-state index in [4.69, 9.17) is 18.9 Å². The lowest BCUT2D eigenvalue weighted by Gasteiger charge is -2.66. The van der Waals surface area contributed by atoms with Crippen molar-refractivity contribution in [3.8, 4) is 0 Å². The molecule has 0 amide bonds. The monoisotopic (exact) mass is 591 g/mol. The van der Waals surface area contributed by atoms with E-state index in [-0.39, 0.29) is 60.0 Å². The minimum absolute atomic E-state index is 0.0443. The molecule has 4 heterocycles. The predicted molar refractivity (Wildman–Crippen MR) is 149 cm³/mol. The number of aliphatic hydroxyl groups is 3. The number of nitrogens with one attached hydrogen (secondary N) is 1. The third-order valence-electron chi connectivity index (χ3n) is 13.3. The van der Waals surface area contributed by atoms with Crippen molar-refractivity contribution in [1.29, 1.82) is 0 Å². The molecule has 7 fully saturated rings. The van der Waals surface area contributed by atoms with Gasteiger partial charge in [0.25, 0.3) is 0 Å². The van der Waals surface area contributed by atoms with Gasteiger partial charge in [0, 0.05) is 42.2 Å². The van der Waals surface area contributed by atoms with Crippen LogP contribution in [0.5, 0.6) is 0 Å². The molecule has 3 saturated heterocycles. The highest BCUT2D eigenvalue weighted by Gasteiger charge is 2.72. The number of hydrogen-bond acceptors (Lipinski definition) is 10. The zero-order valence-electron chi connectivity index (χ0n) is 24.2. The second-order valence-corrected chi connectivity index (χ2v) is 16.1.